The van der Waals surface area contributed by atoms with E-state index < -0.39 is 5.63 Å². The summed E-state index contributed by atoms with van der Waals surface area (Å²) in [7, 11) is 0. The summed E-state index contributed by atoms with van der Waals surface area (Å²) in [4.78, 5) is 0. The molecule has 2 heteroatoms. The van der Waals surface area contributed by atoms with E-state index >= 15 is 0 Å². The molecule has 0 aliphatic heterocycles. The van der Waals surface area contributed by atoms with Crippen LogP contribution in [-0.4, -0.2) is 5.63 Å². The Bertz CT molecular complexity index is 344. The number of rotatable bonds is 2. The van der Waals surface area contributed by atoms with Crippen molar-refractivity contribution in [3.8, 4) is 0 Å². The first kappa shape index (κ1) is 12.3. The van der Waals surface area contributed by atoms with Crippen LogP contribution in [0.15, 0.2) is 30.8 Å². The van der Waals surface area contributed by atoms with Crippen LogP contribution in [0.3, 0.4) is 0 Å². The van der Waals surface area contributed by atoms with Gasteiger partial charge in [-0.15, -0.1) is 0 Å². The van der Waals surface area contributed by atoms with Crippen LogP contribution in [0.1, 0.15) is 31.9 Å². The van der Waals surface area contributed by atoms with Crippen molar-refractivity contribution in [1.29, 1.82) is 0 Å². The van der Waals surface area contributed by atoms with Gasteiger partial charge in [0.1, 0.15) is 0 Å². The molecule has 0 bridgehead atoms. The molecular formula is C13H16ClF. The maximum atomic E-state index is 12.8. The molecule has 0 aromatic heterocycles. The van der Waals surface area contributed by atoms with Crippen LogP contribution in [0.2, 0.25) is 0 Å². The van der Waals surface area contributed by atoms with E-state index in [-0.39, 0.29) is 5.41 Å². The minimum Gasteiger partial charge on any atom is -0.225 e. The standard InChI is InChI=1S/C13H16ClF/c1-9(12(14)15)10-5-7-11(8-6-10)13(2,3)4/h5-8,12H,1H2,2-4H3. The third-order valence-corrected chi connectivity index (χ3v) is 2.65. The molecule has 0 saturated carbocycles. The van der Waals surface area contributed by atoms with Crippen LogP contribution in [0, 0.1) is 0 Å². The molecule has 0 saturated heterocycles. The molecule has 0 heterocycles. The van der Waals surface area contributed by atoms with Gasteiger partial charge in [-0.1, -0.05) is 63.2 Å². The highest BCUT2D eigenvalue weighted by Crippen LogP contribution is 2.26. The van der Waals surface area contributed by atoms with Gasteiger partial charge in [0.25, 0.3) is 0 Å². The second kappa shape index (κ2) is 4.36. The van der Waals surface area contributed by atoms with Crippen molar-refractivity contribution in [3.63, 3.8) is 0 Å². The Hall–Kier alpha value is -0.820. The highest BCUT2D eigenvalue weighted by Gasteiger charge is 2.14. The van der Waals surface area contributed by atoms with Crippen molar-refractivity contribution in [2.45, 2.75) is 31.8 Å². The van der Waals surface area contributed by atoms with E-state index in [0.717, 1.165) is 5.56 Å². The van der Waals surface area contributed by atoms with Crippen LogP contribution in [0.25, 0.3) is 5.57 Å². The summed E-state index contributed by atoms with van der Waals surface area (Å²) in [5.74, 6) is 0. The zero-order valence-electron chi connectivity index (χ0n) is 9.35. The number of hydrogen-bond acceptors (Lipinski definition) is 0. The zero-order valence-corrected chi connectivity index (χ0v) is 10.1. The fourth-order valence-electron chi connectivity index (χ4n) is 1.31. The molecular weight excluding hydrogens is 211 g/mol. The van der Waals surface area contributed by atoms with Crippen LogP contribution < -0.4 is 0 Å². The van der Waals surface area contributed by atoms with Gasteiger partial charge in [-0.2, -0.15) is 0 Å². The summed E-state index contributed by atoms with van der Waals surface area (Å²) in [5.41, 5.74) is 0.882. The minimum absolute atomic E-state index is 0.107. The fourth-order valence-corrected chi connectivity index (χ4v) is 1.44. The molecule has 1 aromatic carbocycles. The number of hydrogen-bond donors (Lipinski definition) is 0. The van der Waals surface area contributed by atoms with Crippen molar-refractivity contribution >= 4 is 17.2 Å². The average Bonchev–Trinajstić information content (AvgIpc) is 2.15. The van der Waals surface area contributed by atoms with Crippen molar-refractivity contribution in [1.82, 2.24) is 0 Å². The van der Waals surface area contributed by atoms with Crippen molar-refractivity contribution in [3.05, 3.63) is 42.0 Å². The van der Waals surface area contributed by atoms with Gasteiger partial charge in [0.05, 0.1) is 0 Å². The van der Waals surface area contributed by atoms with Crippen molar-refractivity contribution in [2.75, 3.05) is 0 Å². The fraction of sp³-hybridized carbons (Fsp3) is 0.385. The molecule has 1 atom stereocenters. The Labute approximate surface area is 95.8 Å². The Morgan fingerprint density at radius 3 is 2.07 bits per heavy atom. The second-order valence-corrected chi connectivity index (χ2v) is 5.04. The van der Waals surface area contributed by atoms with Crippen LogP contribution >= 0.6 is 11.6 Å². The smallest absolute Gasteiger partial charge is 0.198 e. The summed E-state index contributed by atoms with van der Waals surface area (Å²) < 4.78 is 12.8. The monoisotopic (exact) mass is 226 g/mol. The number of allylic oxidation sites excluding steroid dienone is 1. The second-order valence-electron chi connectivity index (χ2n) is 4.65. The first-order valence-corrected chi connectivity index (χ1v) is 5.34. The van der Waals surface area contributed by atoms with Crippen molar-refractivity contribution in [2.24, 2.45) is 0 Å². The quantitative estimate of drug-likeness (QED) is 0.650. The molecule has 1 unspecified atom stereocenters. The first-order chi connectivity index (χ1) is 6.82. The molecule has 0 aliphatic rings. The summed E-state index contributed by atoms with van der Waals surface area (Å²) in [5, 5.41) is 0. The molecule has 0 N–H and O–H groups in total. The molecule has 0 aliphatic carbocycles. The van der Waals surface area contributed by atoms with Gasteiger partial charge in [-0.05, 0) is 16.5 Å². The van der Waals surface area contributed by atoms with E-state index in [1.807, 2.05) is 24.3 Å². The van der Waals surface area contributed by atoms with Gasteiger partial charge in [0, 0.05) is 5.57 Å². The molecule has 0 amide bonds. The Morgan fingerprint density at radius 2 is 1.73 bits per heavy atom. The Morgan fingerprint density at radius 1 is 1.27 bits per heavy atom. The van der Waals surface area contributed by atoms with E-state index in [1.165, 1.54) is 5.56 Å². The van der Waals surface area contributed by atoms with E-state index in [2.05, 4.69) is 27.4 Å². The summed E-state index contributed by atoms with van der Waals surface area (Å²) in [6.07, 6.45) is 0. The predicted octanol–water partition coefficient (Wildman–Crippen LogP) is 4.53. The predicted molar refractivity (Wildman–Crippen MR) is 64.9 cm³/mol. The third kappa shape index (κ3) is 3.07. The van der Waals surface area contributed by atoms with Gasteiger partial charge >= 0.3 is 0 Å². The van der Waals surface area contributed by atoms with Gasteiger partial charge in [-0.3, -0.25) is 0 Å². The Kier molecular flexibility index (Phi) is 3.56. The van der Waals surface area contributed by atoms with E-state index in [9.17, 15) is 4.39 Å². The molecule has 0 fully saturated rings. The average molecular weight is 227 g/mol. The lowest BCUT2D eigenvalue weighted by molar-refractivity contribution is 0.523. The van der Waals surface area contributed by atoms with Gasteiger partial charge in [0.2, 0.25) is 0 Å². The number of benzene rings is 1. The lowest BCUT2D eigenvalue weighted by Crippen LogP contribution is -2.10. The molecule has 0 nitrogen and oxygen atoms in total. The molecule has 1 aromatic rings. The van der Waals surface area contributed by atoms with Crippen LogP contribution in [-0.2, 0) is 5.41 Å². The van der Waals surface area contributed by atoms with Crippen molar-refractivity contribution < 1.29 is 4.39 Å². The first-order valence-electron chi connectivity index (χ1n) is 4.90. The minimum atomic E-state index is -1.51. The highest BCUT2D eigenvalue weighted by atomic mass is 35.5. The number of halogens is 2. The summed E-state index contributed by atoms with van der Waals surface area (Å²) in [6.45, 7) is 10.0. The molecule has 0 spiro atoms. The maximum absolute atomic E-state index is 12.8. The van der Waals surface area contributed by atoms with Gasteiger partial charge in [0.15, 0.2) is 5.63 Å². The normalized spacial score (nSPS) is 13.7. The molecule has 15 heavy (non-hydrogen) atoms. The van der Waals surface area contributed by atoms with Gasteiger partial charge in [-0.25, -0.2) is 4.39 Å². The molecule has 0 radical (unpaired) electrons. The zero-order chi connectivity index (χ0) is 11.6. The summed E-state index contributed by atoms with van der Waals surface area (Å²) in [6, 6.07) is 7.69. The third-order valence-electron chi connectivity index (χ3n) is 2.39. The van der Waals surface area contributed by atoms with Gasteiger partial charge < -0.3 is 0 Å². The molecule has 1 rings (SSSR count). The largest absolute Gasteiger partial charge is 0.225 e. The Balaban J connectivity index is 2.96. The van der Waals surface area contributed by atoms with E-state index in [0.29, 0.717) is 5.57 Å². The lowest BCUT2D eigenvalue weighted by atomic mass is 9.86. The van der Waals surface area contributed by atoms with E-state index in [4.69, 9.17) is 11.6 Å². The summed E-state index contributed by atoms with van der Waals surface area (Å²) >= 11 is 5.33. The van der Waals surface area contributed by atoms with Crippen LogP contribution in [0.5, 0.6) is 0 Å². The van der Waals surface area contributed by atoms with E-state index in [1.54, 1.807) is 0 Å². The van der Waals surface area contributed by atoms with Crippen LogP contribution in [0.4, 0.5) is 4.39 Å². The maximum Gasteiger partial charge on any atom is 0.198 e. The lowest BCUT2D eigenvalue weighted by Gasteiger charge is -2.19. The highest BCUT2D eigenvalue weighted by molar-refractivity contribution is 6.25. The topological polar surface area (TPSA) is 0 Å². The SMILES string of the molecule is C=C(c1ccc(C(C)(C)C)cc1)C(F)Cl. The number of alkyl halides is 2. The molecule has 82 valence electrons.